The molecular weight excluding hydrogens is 212 g/mol. The van der Waals surface area contributed by atoms with Crippen LogP contribution in [-0.4, -0.2) is 29.5 Å². The minimum Gasteiger partial charge on any atom is -0.410 e. The molecule has 0 aliphatic carbocycles. The molecule has 0 aromatic heterocycles. The highest BCUT2D eigenvalue weighted by atomic mass is 32.2. The number of carbonyl (C=O) groups is 1. The molecule has 1 atom stereocenters. The predicted octanol–water partition coefficient (Wildman–Crippen LogP) is 1.94. The molecule has 0 aromatic carbocycles. The van der Waals surface area contributed by atoms with Gasteiger partial charge in [0.05, 0.1) is 5.92 Å². The summed E-state index contributed by atoms with van der Waals surface area (Å²) in [5.74, 6) is -0.503. The zero-order valence-electron chi connectivity index (χ0n) is 10.00. The third-order valence-electron chi connectivity index (χ3n) is 2.76. The van der Waals surface area contributed by atoms with Crippen molar-refractivity contribution in [2.45, 2.75) is 27.2 Å². The number of rotatable bonds is 4. The molecule has 2 N–H and O–H groups in total. The molecule has 0 spiro atoms. The van der Waals surface area contributed by atoms with Gasteiger partial charge in [-0.1, -0.05) is 25.9 Å². The summed E-state index contributed by atoms with van der Waals surface area (Å²) < 4.78 is 0. The maximum absolute atomic E-state index is 11.8. The highest BCUT2D eigenvalue weighted by Gasteiger charge is 2.37. The van der Waals surface area contributed by atoms with Crippen LogP contribution in [-0.2, 0) is 4.79 Å². The molecule has 15 heavy (non-hydrogen) atoms. The third kappa shape index (κ3) is 3.41. The molecule has 0 aliphatic heterocycles. The normalized spacial score (nSPS) is 14.9. The first kappa shape index (κ1) is 14.3. The monoisotopic (exact) mass is 232 g/mol. The second-order valence-corrected chi connectivity index (χ2v) is 4.86. The van der Waals surface area contributed by atoms with Crippen LogP contribution in [0.25, 0.3) is 0 Å². The number of thioether (sulfide) groups is 1. The van der Waals surface area contributed by atoms with Crippen LogP contribution in [0.1, 0.15) is 27.2 Å². The van der Waals surface area contributed by atoms with Crippen molar-refractivity contribution in [1.29, 1.82) is 0 Å². The molecule has 0 saturated carbocycles. The first-order chi connectivity index (χ1) is 6.94. The van der Waals surface area contributed by atoms with Crippen LogP contribution < -0.4 is 5.32 Å². The smallest absolute Gasteiger partial charge is 0.230 e. The maximum Gasteiger partial charge on any atom is 0.230 e. The molecule has 0 heterocycles. The first-order valence-electron chi connectivity index (χ1n) is 4.92. The molecule has 0 rings (SSSR count). The van der Waals surface area contributed by atoms with Gasteiger partial charge in [-0.15, -0.1) is 11.8 Å². The van der Waals surface area contributed by atoms with Gasteiger partial charge >= 0.3 is 0 Å². The largest absolute Gasteiger partial charge is 0.410 e. The molecule has 1 unspecified atom stereocenters. The van der Waals surface area contributed by atoms with Crippen LogP contribution in [0.4, 0.5) is 0 Å². The number of nitrogens with one attached hydrogen (secondary N) is 1. The van der Waals surface area contributed by atoms with Gasteiger partial charge in [0.15, 0.2) is 0 Å². The summed E-state index contributed by atoms with van der Waals surface area (Å²) in [6, 6.07) is 0. The molecule has 0 aliphatic rings. The number of amides is 1. The topological polar surface area (TPSA) is 61.7 Å². The summed E-state index contributed by atoms with van der Waals surface area (Å²) >= 11 is 1.30. The molecule has 0 saturated heterocycles. The van der Waals surface area contributed by atoms with E-state index in [9.17, 15) is 4.79 Å². The minimum atomic E-state index is -0.396. The summed E-state index contributed by atoms with van der Waals surface area (Å²) in [7, 11) is 1.59. The molecule has 88 valence electrons. The van der Waals surface area contributed by atoms with Gasteiger partial charge in [-0.3, -0.25) is 4.79 Å². The zero-order valence-corrected chi connectivity index (χ0v) is 10.8. The van der Waals surface area contributed by atoms with Crippen molar-refractivity contribution in [1.82, 2.24) is 5.32 Å². The third-order valence-corrected chi connectivity index (χ3v) is 3.49. The lowest BCUT2D eigenvalue weighted by Gasteiger charge is -2.31. The fourth-order valence-corrected chi connectivity index (χ4v) is 2.11. The Hall–Kier alpha value is -0.710. The lowest BCUT2D eigenvalue weighted by Crippen LogP contribution is -2.41. The molecule has 0 bridgehead atoms. The van der Waals surface area contributed by atoms with Gasteiger partial charge in [0.2, 0.25) is 5.91 Å². The number of hydrogen-bond acceptors (Lipinski definition) is 4. The molecule has 5 heteroatoms. The van der Waals surface area contributed by atoms with E-state index < -0.39 is 5.92 Å². The fourth-order valence-electron chi connectivity index (χ4n) is 1.37. The summed E-state index contributed by atoms with van der Waals surface area (Å²) in [4.78, 5) is 11.8. The number of oxime groups is 1. The van der Waals surface area contributed by atoms with E-state index in [0.29, 0.717) is 5.04 Å². The van der Waals surface area contributed by atoms with Crippen molar-refractivity contribution in [3.05, 3.63) is 0 Å². The van der Waals surface area contributed by atoms with Crippen LogP contribution in [0.2, 0.25) is 0 Å². The Morgan fingerprint density at radius 1 is 1.60 bits per heavy atom. The van der Waals surface area contributed by atoms with Crippen molar-refractivity contribution in [2.24, 2.45) is 16.5 Å². The second-order valence-electron chi connectivity index (χ2n) is 4.03. The van der Waals surface area contributed by atoms with Crippen molar-refractivity contribution in [3.63, 3.8) is 0 Å². The molecule has 0 fully saturated rings. The maximum atomic E-state index is 11.8. The van der Waals surface area contributed by atoms with Gasteiger partial charge in [-0.25, -0.2) is 0 Å². The molecule has 4 nitrogen and oxygen atoms in total. The van der Waals surface area contributed by atoms with Gasteiger partial charge in [-0.2, -0.15) is 0 Å². The highest BCUT2D eigenvalue weighted by Crippen LogP contribution is 2.34. The number of carbonyl (C=O) groups excluding carboxylic acids is 1. The van der Waals surface area contributed by atoms with Gasteiger partial charge < -0.3 is 10.5 Å². The Balaban J connectivity index is 5.14. The van der Waals surface area contributed by atoms with Crippen molar-refractivity contribution in [2.75, 3.05) is 13.3 Å². The summed E-state index contributed by atoms with van der Waals surface area (Å²) in [6.07, 6.45) is 2.64. The minimum absolute atomic E-state index is 0.107. The predicted molar refractivity (Wildman–Crippen MR) is 64.4 cm³/mol. The van der Waals surface area contributed by atoms with Crippen molar-refractivity contribution < 1.29 is 10.0 Å². The highest BCUT2D eigenvalue weighted by molar-refractivity contribution is 8.13. The standard InChI is InChI=1S/C10H20N2O2S/c1-6-10(2,3)7(8(13)11-4)9(12-14)15-5/h7,14H,6H2,1-5H3,(H,11,13)/b12-9-. The first-order valence-corrected chi connectivity index (χ1v) is 6.14. The Kier molecular flexibility index (Phi) is 5.72. The Labute approximate surface area is 95.5 Å². The van der Waals surface area contributed by atoms with E-state index in [1.807, 2.05) is 20.8 Å². The summed E-state index contributed by atoms with van der Waals surface area (Å²) in [5.41, 5.74) is -0.218. The van der Waals surface area contributed by atoms with E-state index >= 15 is 0 Å². The molecular formula is C10H20N2O2S. The van der Waals surface area contributed by atoms with Gasteiger partial charge in [0, 0.05) is 7.05 Å². The van der Waals surface area contributed by atoms with Crippen LogP contribution in [0.15, 0.2) is 5.16 Å². The molecule has 0 aromatic rings. The van der Waals surface area contributed by atoms with E-state index in [0.717, 1.165) is 6.42 Å². The number of nitrogens with zero attached hydrogens (tertiary/aromatic N) is 1. The molecule has 0 radical (unpaired) electrons. The van der Waals surface area contributed by atoms with E-state index in [2.05, 4.69) is 10.5 Å². The average molecular weight is 232 g/mol. The van der Waals surface area contributed by atoms with Gasteiger partial charge in [0.1, 0.15) is 5.04 Å². The Bertz CT molecular complexity index is 252. The second kappa shape index (κ2) is 6.00. The number of hydrogen-bond donors (Lipinski definition) is 2. The quantitative estimate of drug-likeness (QED) is 0.337. The van der Waals surface area contributed by atoms with Crippen LogP contribution in [0, 0.1) is 11.3 Å². The SMILES string of the molecule is CCC(C)(C)C(C(=O)NC)/C(=N/O)SC. The van der Waals surface area contributed by atoms with Crippen molar-refractivity contribution >= 4 is 22.7 Å². The fraction of sp³-hybridized carbons (Fsp3) is 0.800. The van der Waals surface area contributed by atoms with Crippen LogP contribution >= 0.6 is 11.8 Å². The van der Waals surface area contributed by atoms with E-state index in [1.165, 1.54) is 11.8 Å². The summed E-state index contributed by atoms with van der Waals surface area (Å²) in [6.45, 7) is 6.01. The molecule has 1 amide bonds. The van der Waals surface area contributed by atoms with E-state index in [4.69, 9.17) is 5.21 Å². The lowest BCUT2D eigenvalue weighted by atomic mass is 9.76. The average Bonchev–Trinajstić information content (AvgIpc) is 2.24. The lowest BCUT2D eigenvalue weighted by molar-refractivity contribution is -0.125. The van der Waals surface area contributed by atoms with Gasteiger partial charge in [0.25, 0.3) is 0 Å². The van der Waals surface area contributed by atoms with E-state index in [-0.39, 0.29) is 11.3 Å². The Morgan fingerprint density at radius 3 is 2.40 bits per heavy atom. The van der Waals surface area contributed by atoms with Gasteiger partial charge in [-0.05, 0) is 18.1 Å². The van der Waals surface area contributed by atoms with Crippen LogP contribution in [0.3, 0.4) is 0 Å². The van der Waals surface area contributed by atoms with Crippen LogP contribution in [0.5, 0.6) is 0 Å². The van der Waals surface area contributed by atoms with E-state index in [1.54, 1.807) is 13.3 Å². The summed E-state index contributed by atoms with van der Waals surface area (Å²) in [5, 5.41) is 15.2. The Morgan fingerprint density at radius 2 is 2.13 bits per heavy atom. The van der Waals surface area contributed by atoms with Crippen molar-refractivity contribution in [3.8, 4) is 0 Å². The zero-order chi connectivity index (χ0) is 12.1.